The number of ether oxygens (including phenoxy) is 3. The lowest BCUT2D eigenvalue weighted by molar-refractivity contribution is -0.142. The Balaban J connectivity index is 1.52. The number of aromatic nitrogens is 1. The second-order valence-corrected chi connectivity index (χ2v) is 5.58. The minimum absolute atomic E-state index is 0.271. The molecule has 0 aliphatic carbocycles. The number of nitrogens with one attached hydrogen (secondary N) is 1. The van der Waals surface area contributed by atoms with Crippen molar-refractivity contribution < 1.29 is 28.2 Å². The third kappa shape index (κ3) is 4.67. The molecular formula is C20H18N2O6. The molecule has 0 unspecified atom stereocenters. The zero-order valence-electron chi connectivity index (χ0n) is 15.3. The van der Waals surface area contributed by atoms with E-state index >= 15 is 0 Å². The molecule has 0 saturated heterocycles. The van der Waals surface area contributed by atoms with Crippen molar-refractivity contribution in [1.82, 2.24) is 4.98 Å². The molecule has 0 aliphatic rings. The first-order valence-corrected chi connectivity index (χ1v) is 8.31. The maximum atomic E-state index is 11.9. The molecule has 8 nitrogen and oxygen atoms in total. The molecule has 1 aromatic heterocycles. The normalized spacial score (nSPS) is 10.8. The van der Waals surface area contributed by atoms with Crippen LogP contribution in [0.25, 0.3) is 17.2 Å². The first-order valence-electron chi connectivity index (χ1n) is 8.31. The Morgan fingerprint density at radius 1 is 1.11 bits per heavy atom. The average molecular weight is 382 g/mol. The summed E-state index contributed by atoms with van der Waals surface area (Å²) in [7, 11) is 3.01. The van der Waals surface area contributed by atoms with Gasteiger partial charge in [0.1, 0.15) is 5.52 Å². The average Bonchev–Trinajstić information content (AvgIpc) is 3.13. The molecule has 0 fully saturated rings. The number of nitrogens with zero attached hydrogens (tertiary/aromatic N) is 1. The SMILES string of the molecule is COc1ccc(NC(=O)COC(=O)/C=C/c2nc3ccccc3o2)cc1OC. The van der Waals surface area contributed by atoms with Crippen LogP contribution in [0.2, 0.25) is 0 Å². The monoisotopic (exact) mass is 382 g/mol. The van der Waals surface area contributed by atoms with Crippen LogP contribution in [0, 0.1) is 0 Å². The predicted molar refractivity (Wildman–Crippen MR) is 102 cm³/mol. The van der Waals surface area contributed by atoms with Crippen LogP contribution in [0.15, 0.2) is 53.0 Å². The third-order valence-electron chi connectivity index (χ3n) is 3.69. The van der Waals surface area contributed by atoms with Gasteiger partial charge in [0.15, 0.2) is 23.7 Å². The summed E-state index contributed by atoms with van der Waals surface area (Å²) in [5.41, 5.74) is 1.79. The van der Waals surface area contributed by atoms with Gasteiger partial charge in [0.05, 0.1) is 14.2 Å². The van der Waals surface area contributed by atoms with E-state index in [1.807, 2.05) is 12.1 Å². The number of hydrogen-bond acceptors (Lipinski definition) is 7. The molecule has 0 radical (unpaired) electrons. The van der Waals surface area contributed by atoms with Crippen molar-refractivity contribution in [1.29, 1.82) is 0 Å². The quantitative estimate of drug-likeness (QED) is 0.495. The molecule has 1 heterocycles. The van der Waals surface area contributed by atoms with E-state index in [0.29, 0.717) is 28.3 Å². The van der Waals surface area contributed by atoms with Crippen LogP contribution in [0.5, 0.6) is 11.5 Å². The Bertz CT molecular complexity index is 991. The number of methoxy groups -OCH3 is 2. The topological polar surface area (TPSA) is 99.9 Å². The van der Waals surface area contributed by atoms with Gasteiger partial charge in [-0.3, -0.25) is 4.79 Å². The van der Waals surface area contributed by atoms with Crippen molar-refractivity contribution in [2.45, 2.75) is 0 Å². The Morgan fingerprint density at radius 3 is 2.64 bits per heavy atom. The van der Waals surface area contributed by atoms with Crippen molar-refractivity contribution in [3.05, 3.63) is 54.4 Å². The molecule has 0 aliphatic heterocycles. The summed E-state index contributed by atoms with van der Waals surface area (Å²) in [6, 6.07) is 12.1. The molecule has 0 saturated carbocycles. The molecule has 28 heavy (non-hydrogen) atoms. The fraction of sp³-hybridized carbons (Fsp3) is 0.150. The van der Waals surface area contributed by atoms with Crippen molar-refractivity contribution >= 4 is 34.7 Å². The highest BCUT2D eigenvalue weighted by atomic mass is 16.5. The number of carbonyl (C=O) groups is 2. The maximum Gasteiger partial charge on any atom is 0.331 e. The van der Waals surface area contributed by atoms with Gasteiger partial charge in [0.2, 0.25) is 5.89 Å². The van der Waals surface area contributed by atoms with E-state index in [0.717, 1.165) is 6.08 Å². The number of para-hydroxylation sites is 2. The van der Waals surface area contributed by atoms with Gasteiger partial charge in [-0.05, 0) is 24.3 Å². The molecule has 3 rings (SSSR count). The Kier molecular flexibility index (Phi) is 5.91. The smallest absolute Gasteiger partial charge is 0.331 e. The zero-order valence-corrected chi connectivity index (χ0v) is 15.3. The molecule has 0 spiro atoms. The number of fused-ring (bicyclic) bond motifs is 1. The van der Waals surface area contributed by atoms with Crippen LogP contribution >= 0.6 is 0 Å². The van der Waals surface area contributed by atoms with E-state index < -0.39 is 18.5 Å². The van der Waals surface area contributed by atoms with Crippen molar-refractivity contribution in [3.63, 3.8) is 0 Å². The summed E-state index contributed by atoms with van der Waals surface area (Å²) in [6.07, 6.45) is 2.53. The number of carbonyl (C=O) groups excluding carboxylic acids is 2. The van der Waals surface area contributed by atoms with Gasteiger partial charge in [0, 0.05) is 23.9 Å². The summed E-state index contributed by atoms with van der Waals surface area (Å²) < 4.78 is 20.7. The lowest BCUT2D eigenvalue weighted by Gasteiger charge is -2.10. The van der Waals surface area contributed by atoms with Crippen molar-refractivity contribution in [2.75, 3.05) is 26.1 Å². The maximum absolute atomic E-state index is 11.9. The third-order valence-corrected chi connectivity index (χ3v) is 3.69. The van der Waals surface area contributed by atoms with E-state index in [1.165, 1.54) is 20.3 Å². The highest BCUT2D eigenvalue weighted by Crippen LogP contribution is 2.29. The molecular weight excluding hydrogens is 364 g/mol. The highest BCUT2D eigenvalue weighted by molar-refractivity contribution is 5.94. The minimum atomic E-state index is -0.690. The lowest BCUT2D eigenvalue weighted by Crippen LogP contribution is -2.20. The summed E-state index contributed by atoms with van der Waals surface area (Å²) in [5.74, 6) is 0.100. The van der Waals surface area contributed by atoms with Gasteiger partial charge in [0.25, 0.3) is 5.91 Å². The minimum Gasteiger partial charge on any atom is -0.493 e. The second-order valence-electron chi connectivity index (χ2n) is 5.58. The van der Waals surface area contributed by atoms with Gasteiger partial charge in [-0.25, -0.2) is 9.78 Å². The number of anilines is 1. The largest absolute Gasteiger partial charge is 0.493 e. The fourth-order valence-electron chi connectivity index (χ4n) is 2.40. The second kappa shape index (κ2) is 8.72. The number of amides is 1. The Labute approximate surface area is 160 Å². The van der Waals surface area contributed by atoms with Crippen molar-refractivity contribution in [3.8, 4) is 11.5 Å². The molecule has 144 valence electrons. The molecule has 0 atom stereocenters. The van der Waals surface area contributed by atoms with Gasteiger partial charge < -0.3 is 23.9 Å². The van der Waals surface area contributed by atoms with Gasteiger partial charge in [-0.1, -0.05) is 12.1 Å². The van der Waals surface area contributed by atoms with Gasteiger partial charge in [-0.2, -0.15) is 0 Å². The van der Waals surface area contributed by atoms with Crippen LogP contribution in [0.1, 0.15) is 5.89 Å². The van der Waals surface area contributed by atoms with E-state index in [1.54, 1.807) is 30.3 Å². The van der Waals surface area contributed by atoms with Crippen LogP contribution in [-0.4, -0.2) is 37.7 Å². The Morgan fingerprint density at radius 2 is 1.89 bits per heavy atom. The molecule has 0 bridgehead atoms. The van der Waals surface area contributed by atoms with E-state index in [-0.39, 0.29) is 5.89 Å². The Hall–Kier alpha value is -3.81. The summed E-state index contributed by atoms with van der Waals surface area (Å²) >= 11 is 0. The standard InChI is InChI=1S/C20H18N2O6/c1-25-16-8-7-13(11-17(16)26-2)21-18(23)12-27-20(24)10-9-19-22-14-5-3-4-6-15(14)28-19/h3-11H,12H2,1-2H3,(H,21,23)/b10-9+. The molecule has 1 amide bonds. The van der Waals surface area contributed by atoms with Gasteiger partial charge >= 0.3 is 5.97 Å². The molecule has 8 heteroatoms. The van der Waals surface area contributed by atoms with E-state index in [9.17, 15) is 9.59 Å². The summed E-state index contributed by atoms with van der Waals surface area (Å²) in [4.78, 5) is 27.9. The summed E-state index contributed by atoms with van der Waals surface area (Å²) in [6.45, 7) is -0.439. The van der Waals surface area contributed by atoms with Crippen LogP contribution in [-0.2, 0) is 14.3 Å². The molecule has 3 aromatic rings. The number of esters is 1. The lowest BCUT2D eigenvalue weighted by atomic mass is 10.2. The first-order chi connectivity index (χ1) is 13.6. The van der Waals surface area contributed by atoms with Crippen molar-refractivity contribution in [2.24, 2.45) is 0 Å². The fourth-order valence-corrected chi connectivity index (χ4v) is 2.40. The number of rotatable bonds is 7. The predicted octanol–water partition coefficient (Wildman–Crippen LogP) is 3.04. The zero-order chi connectivity index (χ0) is 19.9. The van der Waals surface area contributed by atoms with E-state index in [2.05, 4.69) is 10.3 Å². The first kappa shape index (κ1) is 19.0. The number of benzene rings is 2. The molecule has 1 N–H and O–H groups in total. The van der Waals surface area contributed by atoms with Gasteiger partial charge in [-0.15, -0.1) is 0 Å². The van der Waals surface area contributed by atoms with Crippen LogP contribution in [0.4, 0.5) is 5.69 Å². The summed E-state index contributed by atoms with van der Waals surface area (Å²) in [5, 5.41) is 2.61. The molecule has 2 aromatic carbocycles. The number of hydrogen-bond donors (Lipinski definition) is 1. The van der Waals surface area contributed by atoms with Crippen LogP contribution in [0.3, 0.4) is 0 Å². The highest BCUT2D eigenvalue weighted by Gasteiger charge is 2.09. The van der Waals surface area contributed by atoms with E-state index in [4.69, 9.17) is 18.6 Å². The van der Waals surface area contributed by atoms with Crippen LogP contribution < -0.4 is 14.8 Å². The number of oxazole rings is 1.